The van der Waals surface area contributed by atoms with E-state index in [9.17, 15) is 14.4 Å². The SMILES string of the molecule is CCOC(=O)C1=C(C)N=C2C[C@@H](c3ccc(OC)cc3)[C@@H](C(=O)OCC)C(=O)C2[C@@H]1c1ccccc1Cl. The van der Waals surface area contributed by atoms with E-state index in [4.69, 9.17) is 30.8 Å². The van der Waals surface area contributed by atoms with Crippen molar-refractivity contribution in [3.8, 4) is 5.75 Å². The van der Waals surface area contributed by atoms with Crippen LogP contribution in [0.3, 0.4) is 0 Å². The summed E-state index contributed by atoms with van der Waals surface area (Å²) < 4.78 is 16.0. The van der Waals surface area contributed by atoms with Gasteiger partial charge in [-0.25, -0.2) is 4.79 Å². The zero-order valence-corrected chi connectivity index (χ0v) is 22.1. The normalized spacial score (nSPS) is 23.2. The van der Waals surface area contributed by atoms with Crippen molar-refractivity contribution in [3.05, 3.63) is 76.0 Å². The molecule has 2 aromatic rings. The number of benzene rings is 2. The molecule has 194 valence electrons. The Morgan fingerprint density at radius 3 is 2.30 bits per heavy atom. The average Bonchev–Trinajstić information content (AvgIpc) is 2.88. The van der Waals surface area contributed by atoms with Crippen LogP contribution in [0.15, 0.2) is 64.8 Å². The van der Waals surface area contributed by atoms with Crippen LogP contribution in [-0.4, -0.2) is 43.8 Å². The van der Waals surface area contributed by atoms with E-state index in [1.54, 1.807) is 64.3 Å². The number of hydrogen-bond donors (Lipinski definition) is 0. The fourth-order valence-electron chi connectivity index (χ4n) is 5.39. The number of nitrogens with zero attached hydrogens (tertiary/aromatic N) is 1. The number of fused-ring (bicyclic) bond motifs is 1. The smallest absolute Gasteiger partial charge is 0.336 e. The first-order valence-corrected chi connectivity index (χ1v) is 12.7. The van der Waals surface area contributed by atoms with Crippen LogP contribution in [0.1, 0.15) is 50.2 Å². The van der Waals surface area contributed by atoms with Gasteiger partial charge in [0.2, 0.25) is 0 Å². The standard InChI is InChI=1S/C29H30ClNO6/c1-5-36-28(33)23-16(3)31-22-15-20(17-11-13-18(35-4)14-12-17)25(29(34)37-6-2)27(32)26(22)24(23)19-9-7-8-10-21(19)30/h7-14,20,24-26H,5-6,15H2,1-4H3/t20-,24+,25+,26?/m0/s1. The van der Waals surface area contributed by atoms with Crippen LogP contribution in [0.5, 0.6) is 5.75 Å². The summed E-state index contributed by atoms with van der Waals surface area (Å²) >= 11 is 6.60. The molecule has 0 bridgehead atoms. The quantitative estimate of drug-likeness (QED) is 0.362. The van der Waals surface area contributed by atoms with Gasteiger partial charge in [-0.1, -0.05) is 41.9 Å². The lowest BCUT2D eigenvalue weighted by atomic mass is 9.62. The Balaban J connectivity index is 1.89. The maximum atomic E-state index is 14.3. The number of carbonyl (C=O) groups is 3. The zero-order valence-electron chi connectivity index (χ0n) is 21.3. The lowest BCUT2D eigenvalue weighted by molar-refractivity contribution is -0.153. The van der Waals surface area contributed by atoms with Crippen LogP contribution < -0.4 is 4.74 Å². The fourth-order valence-corrected chi connectivity index (χ4v) is 5.64. The number of allylic oxidation sites excluding steroid dienone is 1. The van der Waals surface area contributed by atoms with Gasteiger partial charge in [-0.2, -0.15) is 0 Å². The predicted octanol–water partition coefficient (Wildman–Crippen LogP) is 5.28. The minimum absolute atomic E-state index is 0.143. The van der Waals surface area contributed by atoms with E-state index >= 15 is 0 Å². The summed E-state index contributed by atoms with van der Waals surface area (Å²) in [4.78, 5) is 45.4. The van der Waals surface area contributed by atoms with Crippen LogP contribution in [0.2, 0.25) is 5.02 Å². The van der Waals surface area contributed by atoms with Gasteiger partial charge in [0.05, 0.1) is 31.8 Å². The number of ketones is 1. The molecular formula is C29H30ClNO6. The summed E-state index contributed by atoms with van der Waals surface area (Å²) in [5, 5.41) is 0.418. The highest BCUT2D eigenvalue weighted by molar-refractivity contribution is 6.31. The highest BCUT2D eigenvalue weighted by atomic mass is 35.5. The topological polar surface area (TPSA) is 91.3 Å². The second-order valence-electron chi connectivity index (χ2n) is 9.02. The molecule has 1 aliphatic carbocycles. The summed E-state index contributed by atoms with van der Waals surface area (Å²) in [6.07, 6.45) is 0.348. The number of hydrogen-bond acceptors (Lipinski definition) is 7. The number of aliphatic imine (C=N–C) groups is 1. The van der Waals surface area contributed by atoms with Crippen molar-refractivity contribution in [2.75, 3.05) is 20.3 Å². The number of esters is 2. The zero-order chi connectivity index (χ0) is 26.7. The number of rotatable bonds is 7. The van der Waals surface area contributed by atoms with Crippen molar-refractivity contribution in [1.82, 2.24) is 0 Å². The Kier molecular flexibility index (Phi) is 8.13. The molecule has 7 nitrogen and oxygen atoms in total. The van der Waals surface area contributed by atoms with E-state index in [1.165, 1.54) is 0 Å². The second-order valence-corrected chi connectivity index (χ2v) is 9.42. The number of halogens is 1. The van der Waals surface area contributed by atoms with Crippen molar-refractivity contribution in [3.63, 3.8) is 0 Å². The summed E-state index contributed by atoms with van der Waals surface area (Å²) in [6.45, 7) is 5.48. The third kappa shape index (κ3) is 5.05. The van der Waals surface area contributed by atoms with Gasteiger partial charge in [0.15, 0.2) is 5.78 Å². The molecule has 0 saturated heterocycles. The number of carbonyl (C=O) groups excluding carboxylic acids is 3. The van der Waals surface area contributed by atoms with E-state index in [0.29, 0.717) is 34.2 Å². The summed E-state index contributed by atoms with van der Waals surface area (Å²) in [5.41, 5.74) is 2.79. The lowest BCUT2D eigenvalue weighted by Crippen LogP contribution is -2.48. The van der Waals surface area contributed by atoms with Crippen LogP contribution in [-0.2, 0) is 23.9 Å². The van der Waals surface area contributed by atoms with E-state index < -0.39 is 35.6 Å². The fraction of sp³-hybridized carbons (Fsp3) is 0.379. The molecule has 4 rings (SSSR count). The molecule has 1 aliphatic heterocycles. The average molecular weight is 524 g/mol. The summed E-state index contributed by atoms with van der Waals surface area (Å²) in [6, 6.07) is 14.4. The van der Waals surface area contributed by atoms with Gasteiger partial charge < -0.3 is 14.2 Å². The number of ether oxygens (including phenoxy) is 3. The van der Waals surface area contributed by atoms with Crippen molar-refractivity contribution in [2.24, 2.45) is 16.8 Å². The van der Waals surface area contributed by atoms with Gasteiger partial charge in [0.1, 0.15) is 11.7 Å². The van der Waals surface area contributed by atoms with Crippen molar-refractivity contribution >= 4 is 35.0 Å². The maximum Gasteiger partial charge on any atom is 0.336 e. The van der Waals surface area contributed by atoms with Crippen molar-refractivity contribution in [1.29, 1.82) is 0 Å². The molecule has 1 fully saturated rings. The van der Waals surface area contributed by atoms with Gasteiger partial charge >= 0.3 is 11.9 Å². The van der Waals surface area contributed by atoms with Crippen molar-refractivity contribution < 1.29 is 28.6 Å². The maximum absolute atomic E-state index is 14.3. The third-order valence-corrected chi connectivity index (χ3v) is 7.31. The van der Waals surface area contributed by atoms with E-state index in [2.05, 4.69) is 0 Å². The van der Waals surface area contributed by atoms with Crippen LogP contribution in [0.4, 0.5) is 0 Å². The molecule has 0 N–H and O–H groups in total. The predicted molar refractivity (Wildman–Crippen MR) is 140 cm³/mol. The molecule has 0 radical (unpaired) electrons. The highest BCUT2D eigenvalue weighted by Crippen LogP contribution is 2.49. The first-order chi connectivity index (χ1) is 17.8. The molecule has 37 heavy (non-hydrogen) atoms. The monoisotopic (exact) mass is 523 g/mol. The van der Waals surface area contributed by atoms with Crippen LogP contribution in [0, 0.1) is 11.8 Å². The minimum atomic E-state index is -1.07. The molecule has 1 saturated carbocycles. The van der Waals surface area contributed by atoms with Gasteiger partial charge in [-0.3, -0.25) is 14.6 Å². The van der Waals surface area contributed by atoms with Gasteiger partial charge in [0, 0.05) is 28.3 Å². The van der Waals surface area contributed by atoms with Gasteiger partial charge in [0.25, 0.3) is 0 Å². The second kappa shape index (κ2) is 11.3. The van der Waals surface area contributed by atoms with Crippen molar-refractivity contribution in [2.45, 2.75) is 39.0 Å². The molecule has 0 amide bonds. The molecular weight excluding hydrogens is 494 g/mol. The molecule has 2 aromatic carbocycles. The first-order valence-electron chi connectivity index (χ1n) is 12.4. The molecule has 8 heteroatoms. The highest BCUT2D eigenvalue weighted by Gasteiger charge is 2.53. The Morgan fingerprint density at radius 1 is 1.00 bits per heavy atom. The molecule has 0 aromatic heterocycles. The molecule has 4 atom stereocenters. The van der Waals surface area contributed by atoms with Gasteiger partial charge in [-0.05, 0) is 56.5 Å². The number of methoxy groups -OCH3 is 1. The van der Waals surface area contributed by atoms with Crippen LogP contribution >= 0.6 is 11.6 Å². The minimum Gasteiger partial charge on any atom is -0.497 e. The molecule has 0 spiro atoms. The van der Waals surface area contributed by atoms with E-state index in [1.807, 2.05) is 12.1 Å². The van der Waals surface area contributed by atoms with E-state index in [-0.39, 0.29) is 24.6 Å². The Morgan fingerprint density at radius 2 is 1.68 bits per heavy atom. The third-order valence-electron chi connectivity index (χ3n) is 6.97. The first kappa shape index (κ1) is 26.6. The number of Topliss-reactive ketones (excluding diaryl/α,β-unsaturated/α-hetero) is 1. The molecule has 2 aliphatic rings. The summed E-state index contributed by atoms with van der Waals surface area (Å²) in [7, 11) is 1.58. The molecule has 1 unspecified atom stereocenters. The van der Waals surface area contributed by atoms with E-state index in [0.717, 1.165) is 5.56 Å². The summed E-state index contributed by atoms with van der Waals surface area (Å²) in [5.74, 6) is -3.94. The Bertz CT molecular complexity index is 1270. The van der Waals surface area contributed by atoms with Crippen LogP contribution in [0.25, 0.3) is 0 Å². The van der Waals surface area contributed by atoms with Gasteiger partial charge in [-0.15, -0.1) is 0 Å². The Labute approximate surface area is 221 Å². The molecule has 1 heterocycles. The Hall–Kier alpha value is -3.45. The largest absolute Gasteiger partial charge is 0.497 e. The lowest BCUT2D eigenvalue weighted by Gasteiger charge is -2.41.